The molecular weight excluding hydrogens is 344 g/mol. The van der Waals surface area contributed by atoms with Crippen molar-refractivity contribution in [3.63, 3.8) is 0 Å². The van der Waals surface area contributed by atoms with Crippen molar-refractivity contribution in [1.82, 2.24) is 14.8 Å². The summed E-state index contributed by atoms with van der Waals surface area (Å²) in [4.78, 5) is 31.3. The first-order valence-electron chi connectivity index (χ1n) is 8.66. The van der Waals surface area contributed by atoms with Gasteiger partial charge in [-0.05, 0) is 23.1 Å². The molecule has 0 radical (unpaired) electrons. The summed E-state index contributed by atoms with van der Waals surface area (Å²) in [5, 5.41) is 0. The van der Waals surface area contributed by atoms with E-state index in [-0.39, 0.29) is 37.9 Å². The Hall–Kier alpha value is -2.09. The molecule has 6 nitrogen and oxygen atoms in total. The van der Waals surface area contributed by atoms with Gasteiger partial charge >= 0.3 is 0 Å². The van der Waals surface area contributed by atoms with Gasteiger partial charge in [-0.3, -0.25) is 14.6 Å². The largest absolute Gasteiger partial charge is 0.367 e. The zero-order valence-electron chi connectivity index (χ0n) is 15.0. The maximum atomic E-state index is 13.0. The molecule has 26 heavy (non-hydrogen) atoms. The Balaban J connectivity index is 1.60. The Morgan fingerprint density at radius 3 is 2.73 bits per heavy atom. The van der Waals surface area contributed by atoms with E-state index in [0.717, 1.165) is 16.7 Å². The molecule has 1 aromatic rings. The number of alkyl halides is 2. The normalized spacial score (nSPS) is 18.8. The summed E-state index contributed by atoms with van der Waals surface area (Å²) >= 11 is 0. The highest BCUT2D eigenvalue weighted by Crippen LogP contribution is 2.43. The molecule has 1 aliphatic heterocycles. The summed E-state index contributed by atoms with van der Waals surface area (Å²) in [5.41, 5.74) is 2.88. The minimum atomic E-state index is -2.69. The van der Waals surface area contributed by atoms with Crippen LogP contribution in [0.3, 0.4) is 0 Å². The van der Waals surface area contributed by atoms with Gasteiger partial charge in [0.15, 0.2) is 0 Å². The average Bonchev–Trinajstić information content (AvgIpc) is 2.58. The van der Waals surface area contributed by atoms with E-state index in [9.17, 15) is 18.4 Å². The summed E-state index contributed by atoms with van der Waals surface area (Å²) in [6.07, 6.45) is 3.36. The molecule has 0 unspecified atom stereocenters. The third-order valence-electron chi connectivity index (χ3n) is 4.96. The molecule has 0 spiro atoms. The number of nitrogens with zero attached hydrogens (tertiary/aromatic N) is 3. The molecule has 8 heteroatoms. The molecule has 0 atom stereocenters. The van der Waals surface area contributed by atoms with E-state index in [1.54, 1.807) is 31.4 Å². The van der Waals surface area contributed by atoms with Crippen LogP contribution in [-0.2, 0) is 33.9 Å². The number of carbonyl (C=O) groups is 2. The van der Waals surface area contributed by atoms with Gasteiger partial charge in [-0.2, -0.15) is 0 Å². The van der Waals surface area contributed by atoms with Gasteiger partial charge < -0.3 is 14.5 Å². The number of pyridine rings is 1. The van der Waals surface area contributed by atoms with Crippen LogP contribution >= 0.6 is 0 Å². The molecule has 3 rings (SSSR count). The Kier molecular flexibility index (Phi) is 5.22. The lowest BCUT2D eigenvalue weighted by atomic mass is 9.80. The smallest absolute Gasteiger partial charge is 0.249 e. The number of likely N-dealkylation sites (N-methyl/N-ethyl adjacent to an activating group) is 1. The maximum absolute atomic E-state index is 13.0. The van der Waals surface area contributed by atoms with Gasteiger partial charge in [-0.1, -0.05) is 0 Å². The van der Waals surface area contributed by atoms with Crippen molar-refractivity contribution in [1.29, 1.82) is 0 Å². The first-order valence-corrected chi connectivity index (χ1v) is 8.66. The highest BCUT2D eigenvalue weighted by atomic mass is 19.3. The number of ether oxygens (including phenoxy) is 1. The van der Waals surface area contributed by atoms with Crippen molar-refractivity contribution in [2.75, 3.05) is 27.2 Å². The van der Waals surface area contributed by atoms with E-state index >= 15 is 0 Å². The van der Waals surface area contributed by atoms with Gasteiger partial charge in [0, 0.05) is 58.3 Å². The van der Waals surface area contributed by atoms with E-state index in [2.05, 4.69) is 4.98 Å². The lowest BCUT2D eigenvalue weighted by molar-refractivity contribution is -0.160. The van der Waals surface area contributed by atoms with E-state index in [1.165, 1.54) is 4.90 Å². The van der Waals surface area contributed by atoms with Crippen LogP contribution in [0.1, 0.15) is 29.5 Å². The van der Waals surface area contributed by atoms with Crippen LogP contribution in [0.2, 0.25) is 0 Å². The van der Waals surface area contributed by atoms with Crippen molar-refractivity contribution < 1.29 is 23.1 Å². The fourth-order valence-corrected chi connectivity index (χ4v) is 3.35. The van der Waals surface area contributed by atoms with E-state index in [1.807, 2.05) is 0 Å². The van der Waals surface area contributed by atoms with Crippen molar-refractivity contribution in [3.8, 4) is 0 Å². The van der Waals surface area contributed by atoms with Crippen molar-refractivity contribution >= 4 is 11.8 Å². The van der Waals surface area contributed by atoms with Crippen LogP contribution in [-0.4, -0.2) is 59.8 Å². The Bertz CT molecular complexity index is 701. The summed E-state index contributed by atoms with van der Waals surface area (Å²) in [6.45, 7) is 1.16. The highest BCUT2D eigenvalue weighted by molar-refractivity contribution is 5.80. The third-order valence-corrected chi connectivity index (χ3v) is 4.96. The molecule has 0 bridgehead atoms. The predicted molar refractivity (Wildman–Crippen MR) is 89.4 cm³/mol. The predicted octanol–water partition coefficient (Wildman–Crippen LogP) is 1.62. The third kappa shape index (κ3) is 4.00. The van der Waals surface area contributed by atoms with Crippen LogP contribution in [0, 0.1) is 5.92 Å². The number of halogens is 2. The Morgan fingerprint density at radius 2 is 2.08 bits per heavy atom. The highest BCUT2D eigenvalue weighted by Gasteiger charge is 2.49. The first kappa shape index (κ1) is 18.7. The van der Waals surface area contributed by atoms with E-state index in [0.29, 0.717) is 19.5 Å². The van der Waals surface area contributed by atoms with Gasteiger partial charge in [0.2, 0.25) is 17.7 Å². The van der Waals surface area contributed by atoms with E-state index in [4.69, 9.17) is 4.74 Å². The average molecular weight is 367 g/mol. The van der Waals surface area contributed by atoms with Crippen LogP contribution < -0.4 is 0 Å². The number of carbonyl (C=O) groups excluding carboxylic acids is 2. The second-order valence-corrected chi connectivity index (χ2v) is 7.19. The Labute approximate surface area is 151 Å². The van der Waals surface area contributed by atoms with Crippen LogP contribution in [0.15, 0.2) is 12.4 Å². The SMILES string of the molecule is CN(C)C(=O)COCc1cncc2c1CCN(C(=O)C1CC(F)(F)C1)C2. The van der Waals surface area contributed by atoms with Crippen LogP contribution in [0.25, 0.3) is 0 Å². The zero-order valence-corrected chi connectivity index (χ0v) is 15.0. The van der Waals surface area contributed by atoms with Gasteiger partial charge in [0.1, 0.15) is 6.61 Å². The molecule has 1 aliphatic carbocycles. The van der Waals surface area contributed by atoms with Crippen LogP contribution in [0.4, 0.5) is 8.78 Å². The van der Waals surface area contributed by atoms with Gasteiger partial charge in [0.25, 0.3) is 0 Å². The molecule has 0 saturated heterocycles. The molecule has 2 heterocycles. The zero-order chi connectivity index (χ0) is 18.9. The number of rotatable bonds is 5. The van der Waals surface area contributed by atoms with Gasteiger partial charge in [0.05, 0.1) is 6.61 Å². The van der Waals surface area contributed by atoms with Crippen molar-refractivity contribution in [3.05, 3.63) is 29.1 Å². The number of fused-ring (bicyclic) bond motifs is 1. The maximum Gasteiger partial charge on any atom is 0.249 e. The van der Waals surface area contributed by atoms with Crippen molar-refractivity contribution in [2.45, 2.75) is 38.3 Å². The molecule has 1 fully saturated rings. The minimum Gasteiger partial charge on any atom is -0.367 e. The quantitative estimate of drug-likeness (QED) is 0.793. The fourth-order valence-electron chi connectivity index (χ4n) is 3.35. The van der Waals surface area contributed by atoms with Gasteiger partial charge in [-0.15, -0.1) is 0 Å². The van der Waals surface area contributed by atoms with Crippen LogP contribution in [0.5, 0.6) is 0 Å². The molecule has 1 saturated carbocycles. The second-order valence-electron chi connectivity index (χ2n) is 7.19. The summed E-state index contributed by atoms with van der Waals surface area (Å²) in [6, 6.07) is 0. The fraction of sp³-hybridized carbons (Fsp3) is 0.611. The topological polar surface area (TPSA) is 62.7 Å². The number of amides is 2. The van der Waals surface area contributed by atoms with E-state index < -0.39 is 11.8 Å². The molecule has 0 aromatic carbocycles. The molecule has 142 valence electrons. The number of hydrogen-bond donors (Lipinski definition) is 0. The second kappa shape index (κ2) is 7.26. The minimum absolute atomic E-state index is 0.00281. The first-order chi connectivity index (χ1) is 12.3. The molecular formula is C18H23F2N3O3. The number of aromatic nitrogens is 1. The lowest BCUT2D eigenvalue weighted by Crippen LogP contribution is -2.48. The number of hydrogen-bond acceptors (Lipinski definition) is 4. The summed E-state index contributed by atoms with van der Waals surface area (Å²) in [7, 11) is 3.34. The van der Waals surface area contributed by atoms with Gasteiger partial charge in [-0.25, -0.2) is 8.78 Å². The molecule has 2 aliphatic rings. The Morgan fingerprint density at radius 1 is 1.35 bits per heavy atom. The molecule has 0 N–H and O–H groups in total. The molecule has 2 amide bonds. The van der Waals surface area contributed by atoms with Crippen molar-refractivity contribution in [2.24, 2.45) is 5.92 Å². The summed E-state index contributed by atoms with van der Waals surface area (Å²) in [5.74, 6) is -3.57. The lowest BCUT2D eigenvalue weighted by Gasteiger charge is -2.39. The molecule has 1 aromatic heterocycles. The summed E-state index contributed by atoms with van der Waals surface area (Å²) < 4.78 is 31.5. The monoisotopic (exact) mass is 367 g/mol. The standard InChI is InChI=1S/C18H23F2N3O3/c1-22(2)16(24)11-26-10-14-8-21-7-13-9-23(4-3-15(13)14)17(25)12-5-18(19,20)6-12/h7-8,12H,3-6,9-11H2,1-2H3.